The number of nitrogens with zero attached hydrogens (tertiary/aromatic N) is 3. The summed E-state index contributed by atoms with van der Waals surface area (Å²) in [6, 6.07) is 7.04. The van der Waals surface area contributed by atoms with Gasteiger partial charge in [0.25, 0.3) is 5.91 Å². The molecule has 114 valence electrons. The molecule has 1 aliphatic rings. The van der Waals surface area contributed by atoms with Crippen molar-refractivity contribution in [2.45, 2.75) is 19.4 Å². The second-order valence-corrected chi connectivity index (χ2v) is 5.19. The molecule has 0 saturated carbocycles. The molecule has 0 unspecified atom stereocenters. The second kappa shape index (κ2) is 5.97. The highest BCUT2D eigenvalue weighted by Gasteiger charge is 2.30. The summed E-state index contributed by atoms with van der Waals surface area (Å²) in [6.45, 7) is 3.16. The molecule has 0 aliphatic carbocycles. The molecule has 1 aromatic heterocycles. The molecule has 7 nitrogen and oxygen atoms in total. The van der Waals surface area contributed by atoms with Gasteiger partial charge in [-0.1, -0.05) is 18.2 Å². The summed E-state index contributed by atoms with van der Waals surface area (Å²) in [5.41, 5.74) is 1.20. The van der Waals surface area contributed by atoms with Gasteiger partial charge >= 0.3 is 0 Å². The molecule has 0 bridgehead atoms. The summed E-state index contributed by atoms with van der Waals surface area (Å²) in [6.07, 6.45) is 1.75. The van der Waals surface area contributed by atoms with Gasteiger partial charge in [0.05, 0.1) is 11.6 Å². The van der Waals surface area contributed by atoms with Crippen molar-refractivity contribution in [2.75, 3.05) is 13.1 Å². The van der Waals surface area contributed by atoms with E-state index in [9.17, 15) is 9.59 Å². The van der Waals surface area contributed by atoms with Crippen molar-refractivity contribution in [1.82, 2.24) is 25.4 Å². The first-order chi connectivity index (χ1) is 10.7. The van der Waals surface area contributed by atoms with E-state index < -0.39 is 0 Å². The number of H-pyrrole nitrogens is 1. The molecular weight excluding hydrogens is 282 g/mol. The van der Waals surface area contributed by atoms with Crippen molar-refractivity contribution < 1.29 is 9.59 Å². The van der Waals surface area contributed by atoms with Crippen LogP contribution < -0.4 is 5.32 Å². The minimum Gasteiger partial charge on any atom is -0.347 e. The fourth-order valence-electron chi connectivity index (χ4n) is 2.66. The molecule has 22 heavy (non-hydrogen) atoms. The van der Waals surface area contributed by atoms with Crippen LogP contribution in [-0.4, -0.2) is 51.0 Å². The lowest BCUT2D eigenvalue weighted by Gasteiger charge is -2.15. The highest BCUT2D eigenvalue weighted by Crippen LogP contribution is 2.20. The van der Waals surface area contributed by atoms with Gasteiger partial charge < -0.3 is 10.2 Å². The zero-order valence-corrected chi connectivity index (χ0v) is 12.2. The van der Waals surface area contributed by atoms with E-state index in [-0.39, 0.29) is 17.9 Å². The molecule has 3 rings (SSSR count). The predicted octanol–water partition coefficient (Wildman–Crippen LogP) is 0.822. The van der Waals surface area contributed by atoms with Crippen molar-refractivity contribution in [2.24, 2.45) is 0 Å². The van der Waals surface area contributed by atoms with Crippen LogP contribution in [0.2, 0.25) is 0 Å². The van der Waals surface area contributed by atoms with E-state index in [4.69, 9.17) is 0 Å². The second-order valence-electron chi connectivity index (χ2n) is 5.19. The molecular formula is C15H17N5O2. The summed E-state index contributed by atoms with van der Waals surface area (Å²) in [5.74, 6) is 0.419. The first-order valence-corrected chi connectivity index (χ1v) is 7.22. The van der Waals surface area contributed by atoms with Gasteiger partial charge in [-0.2, -0.15) is 5.10 Å². The Balaban J connectivity index is 1.78. The largest absolute Gasteiger partial charge is 0.347 e. The average molecular weight is 299 g/mol. The van der Waals surface area contributed by atoms with Gasteiger partial charge in [-0.15, -0.1) is 0 Å². The number of nitrogens with one attached hydrogen (secondary N) is 2. The van der Waals surface area contributed by atoms with Gasteiger partial charge in [-0.3, -0.25) is 14.7 Å². The maximum atomic E-state index is 12.5. The van der Waals surface area contributed by atoms with Crippen LogP contribution in [0.25, 0.3) is 11.4 Å². The lowest BCUT2D eigenvalue weighted by atomic mass is 10.1. The van der Waals surface area contributed by atoms with Gasteiger partial charge in [0.2, 0.25) is 5.91 Å². The van der Waals surface area contributed by atoms with E-state index in [1.807, 2.05) is 19.1 Å². The van der Waals surface area contributed by atoms with E-state index in [0.29, 0.717) is 36.5 Å². The standard InChI is InChI=1S/C15H17N5O2/c1-2-20-8-10(7-13(20)21)18-15(22)12-6-4-3-5-11(12)14-16-9-17-19-14/h3-6,9-10H,2,7-8H2,1H3,(H,18,22)(H,16,17,19)/t10-/m1/s1. The fourth-order valence-corrected chi connectivity index (χ4v) is 2.66. The zero-order chi connectivity index (χ0) is 15.5. The van der Waals surface area contributed by atoms with Gasteiger partial charge in [-0.25, -0.2) is 4.98 Å². The molecule has 2 N–H and O–H groups in total. The molecule has 2 heterocycles. The van der Waals surface area contributed by atoms with Gasteiger partial charge in [0.1, 0.15) is 6.33 Å². The van der Waals surface area contributed by atoms with E-state index in [0.717, 1.165) is 0 Å². The molecule has 1 fully saturated rings. The van der Waals surface area contributed by atoms with E-state index >= 15 is 0 Å². The monoisotopic (exact) mass is 299 g/mol. The molecule has 1 aromatic carbocycles. The Kier molecular flexibility index (Phi) is 3.86. The molecule has 0 spiro atoms. The third-order valence-electron chi connectivity index (χ3n) is 3.77. The Morgan fingerprint density at radius 1 is 1.45 bits per heavy atom. The van der Waals surface area contributed by atoms with E-state index in [1.54, 1.807) is 17.0 Å². The predicted molar refractivity (Wildman–Crippen MR) is 79.9 cm³/mol. The van der Waals surface area contributed by atoms with Gasteiger partial charge in [0, 0.05) is 25.1 Å². The number of amides is 2. The number of likely N-dealkylation sites (N-methyl/N-ethyl adjacent to an activating group) is 1. The van der Waals surface area contributed by atoms with Crippen LogP contribution in [0.5, 0.6) is 0 Å². The summed E-state index contributed by atoms with van der Waals surface area (Å²) < 4.78 is 0. The third kappa shape index (κ3) is 2.69. The summed E-state index contributed by atoms with van der Waals surface area (Å²) in [4.78, 5) is 30.1. The molecule has 0 radical (unpaired) electrons. The minimum atomic E-state index is -0.206. The van der Waals surface area contributed by atoms with E-state index in [2.05, 4.69) is 20.5 Å². The van der Waals surface area contributed by atoms with Crippen molar-refractivity contribution in [3.05, 3.63) is 36.2 Å². The van der Waals surface area contributed by atoms with Crippen LogP contribution in [0, 0.1) is 0 Å². The number of carbonyl (C=O) groups excluding carboxylic acids is 2. The highest BCUT2D eigenvalue weighted by molar-refractivity contribution is 6.00. The van der Waals surface area contributed by atoms with E-state index in [1.165, 1.54) is 6.33 Å². The topological polar surface area (TPSA) is 91.0 Å². The lowest BCUT2D eigenvalue weighted by molar-refractivity contribution is -0.127. The van der Waals surface area contributed by atoms with Crippen LogP contribution in [0.3, 0.4) is 0 Å². The van der Waals surface area contributed by atoms with Gasteiger partial charge in [-0.05, 0) is 13.0 Å². The first kappa shape index (κ1) is 14.2. The number of aromatic nitrogens is 3. The zero-order valence-electron chi connectivity index (χ0n) is 12.2. The molecule has 7 heteroatoms. The van der Waals surface area contributed by atoms with Crippen LogP contribution in [-0.2, 0) is 4.79 Å². The van der Waals surface area contributed by atoms with Crippen molar-refractivity contribution in [1.29, 1.82) is 0 Å². The number of rotatable bonds is 4. The van der Waals surface area contributed by atoms with Crippen LogP contribution in [0.1, 0.15) is 23.7 Å². The Morgan fingerprint density at radius 2 is 2.27 bits per heavy atom. The maximum Gasteiger partial charge on any atom is 0.252 e. The number of carbonyl (C=O) groups is 2. The third-order valence-corrected chi connectivity index (χ3v) is 3.77. The Morgan fingerprint density at radius 3 is 2.95 bits per heavy atom. The van der Waals surface area contributed by atoms with Crippen molar-refractivity contribution in [3.8, 4) is 11.4 Å². The average Bonchev–Trinajstić information content (AvgIpc) is 3.17. The molecule has 1 atom stereocenters. The Hall–Kier alpha value is -2.70. The normalized spacial score (nSPS) is 17.8. The van der Waals surface area contributed by atoms with Crippen LogP contribution >= 0.6 is 0 Å². The molecule has 1 saturated heterocycles. The quantitative estimate of drug-likeness (QED) is 0.874. The SMILES string of the molecule is CCN1C[C@H](NC(=O)c2ccccc2-c2ncn[nH]2)CC1=O. The number of hydrogen-bond acceptors (Lipinski definition) is 4. The van der Waals surface area contributed by atoms with Gasteiger partial charge in [0.15, 0.2) is 5.82 Å². The minimum absolute atomic E-state index is 0.0799. The number of hydrogen-bond donors (Lipinski definition) is 2. The fraction of sp³-hybridized carbons (Fsp3) is 0.333. The number of benzene rings is 1. The summed E-state index contributed by atoms with van der Waals surface area (Å²) in [5, 5.41) is 9.50. The highest BCUT2D eigenvalue weighted by atomic mass is 16.2. The smallest absolute Gasteiger partial charge is 0.252 e. The van der Waals surface area contributed by atoms with Crippen molar-refractivity contribution >= 4 is 11.8 Å². The maximum absolute atomic E-state index is 12.5. The molecule has 2 aromatic rings. The Bertz CT molecular complexity index is 683. The summed E-state index contributed by atoms with van der Waals surface area (Å²) in [7, 11) is 0. The molecule has 1 aliphatic heterocycles. The lowest BCUT2D eigenvalue weighted by Crippen LogP contribution is -2.37. The number of likely N-dealkylation sites (tertiary alicyclic amines) is 1. The van der Waals surface area contributed by atoms with Crippen molar-refractivity contribution in [3.63, 3.8) is 0 Å². The Labute approximate surface area is 127 Å². The van der Waals surface area contributed by atoms with Crippen LogP contribution in [0.15, 0.2) is 30.6 Å². The summed E-state index contributed by atoms with van der Waals surface area (Å²) >= 11 is 0. The van der Waals surface area contributed by atoms with Crippen LogP contribution in [0.4, 0.5) is 0 Å². The number of aromatic amines is 1. The molecule has 2 amide bonds. The first-order valence-electron chi connectivity index (χ1n) is 7.22.